The van der Waals surface area contributed by atoms with Crippen molar-refractivity contribution >= 4 is 23.2 Å². The molecule has 0 spiro atoms. The maximum atomic E-state index is 13.3. The van der Waals surface area contributed by atoms with E-state index >= 15 is 0 Å². The van der Waals surface area contributed by atoms with E-state index in [1.54, 1.807) is 33.4 Å². The summed E-state index contributed by atoms with van der Waals surface area (Å²) < 4.78 is 22.9. The molecule has 5 rings (SSSR count). The van der Waals surface area contributed by atoms with E-state index in [0.29, 0.717) is 30.2 Å². The summed E-state index contributed by atoms with van der Waals surface area (Å²) in [4.78, 5) is 20.1. The predicted octanol–water partition coefficient (Wildman–Crippen LogP) is 5.15. The third-order valence-electron chi connectivity index (χ3n) is 7.95. The molecule has 3 aromatic rings. The summed E-state index contributed by atoms with van der Waals surface area (Å²) in [5.41, 5.74) is 2.79. The summed E-state index contributed by atoms with van der Waals surface area (Å²) in [5.74, 6) is 2.10. The first-order chi connectivity index (χ1) is 19.9. The molecule has 216 valence electrons. The molecule has 0 saturated carbocycles. The molecule has 0 radical (unpaired) electrons. The van der Waals surface area contributed by atoms with Gasteiger partial charge in [-0.3, -0.25) is 9.79 Å². The van der Waals surface area contributed by atoms with Crippen LogP contribution in [0.4, 0.5) is 0 Å². The zero-order chi connectivity index (χ0) is 28.8. The van der Waals surface area contributed by atoms with Gasteiger partial charge in [-0.2, -0.15) is 0 Å². The van der Waals surface area contributed by atoms with Crippen LogP contribution in [0.25, 0.3) is 0 Å². The third kappa shape index (κ3) is 6.60. The Labute approximate surface area is 246 Å². The summed E-state index contributed by atoms with van der Waals surface area (Å²) in [6.45, 7) is 4.41. The van der Waals surface area contributed by atoms with Gasteiger partial charge in [0.15, 0.2) is 11.5 Å². The van der Waals surface area contributed by atoms with E-state index in [0.717, 1.165) is 55.1 Å². The maximum absolute atomic E-state index is 13.3. The number of carbonyl (C=O) groups is 1. The number of rotatable bonds is 12. The molecule has 9 heteroatoms. The number of amides is 1. The minimum Gasteiger partial charge on any atom is -0.497 e. The second-order valence-corrected chi connectivity index (χ2v) is 10.9. The summed E-state index contributed by atoms with van der Waals surface area (Å²) in [6, 6.07) is 18.8. The van der Waals surface area contributed by atoms with Crippen LogP contribution in [0.3, 0.4) is 0 Å². The van der Waals surface area contributed by atoms with Gasteiger partial charge in [0, 0.05) is 31.1 Å². The van der Waals surface area contributed by atoms with Gasteiger partial charge in [-0.05, 0) is 73.5 Å². The molecule has 2 bridgehead atoms. The SMILES string of the molecule is C/N=C(\C(=O)NCC12CCN(CC1)C2)c1ccc(OCc2ccc(OC)cc2)c(OCc2ccc(OC)cc2)c1Cl. The second kappa shape index (κ2) is 12.8. The van der Waals surface area contributed by atoms with E-state index in [1.807, 2.05) is 48.5 Å². The van der Waals surface area contributed by atoms with Gasteiger partial charge in [0.1, 0.15) is 30.4 Å². The Balaban J connectivity index is 1.36. The number of nitrogens with zero attached hydrogens (tertiary/aromatic N) is 2. The van der Waals surface area contributed by atoms with E-state index < -0.39 is 0 Å². The van der Waals surface area contributed by atoms with Crippen LogP contribution in [0.1, 0.15) is 29.5 Å². The summed E-state index contributed by atoms with van der Waals surface area (Å²) in [5, 5.41) is 3.40. The van der Waals surface area contributed by atoms with Crippen molar-refractivity contribution in [2.45, 2.75) is 26.1 Å². The normalized spacial score (nSPS) is 19.6. The quantitative estimate of drug-likeness (QED) is 0.300. The van der Waals surface area contributed by atoms with Gasteiger partial charge in [0.05, 0.1) is 19.2 Å². The fraction of sp³-hybridized carbons (Fsp3) is 0.375. The number of aliphatic imine (C=N–C) groups is 1. The molecule has 8 nitrogen and oxygen atoms in total. The highest BCUT2D eigenvalue weighted by Gasteiger charge is 2.43. The van der Waals surface area contributed by atoms with Gasteiger partial charge in [-0.1, -0.05) is 35.9 Å². The van der Waals surface area contributed by atoms with Crippen molar-refractivity contribution < 1.29 is 23.7 Å². The molecule has 2 heterocycles. The number of halogens is 1. The van der Waals surface area contributed by atoms with Gasteiger partial charge in [0.25, 0.3) is 5.91 Å². The van der Waals surface area contributed by atoms with Crippen LogP contribution in [0.5, 0.6) is 23.0 Å². The molecule has 0 aliphatic carbocycles. The lowest BCUT2D eigenvalue weighted by Gasteiger charge is -2.25. The number of fused-ring (bicyclic) bond motifs is 2. The Morgan fingerprint density at radius 3 is 2.00 bits per heavy atom. The smallest absolute Gasteiger partial charge is 0.270 e. The molecule has 2 saturated heterocycles. The molecule has 41 heavy (non-hydrogen) atoms. The molecule has 1 amide bonds. The second-order valence-electron chi connectivity index (χ2n) is 10.6. The lowest BCUT2D eigenvalue weighted by atomic mass is 9.84. The maximum Gasteiger partial charge on any atom is 0.270 e. The van der Waals surface area contributed by atoms with E-state index in [-0.39, 0.29) is 28.7 Å². The Hall–Kier alpha value is -3.75. The highest BCUT2D eigenvalue weighted by atomic mass is 35.5. The van der Waals surface area contributed by atoms with Crippen LogP contribution in [0, 0.1) is 5.41 Å². The van der Waals surface area contributed by atoms with E-state index in [4.69, 9.17) is 30.5 Å². The van der Waals surface area contributed by atoms with Crippen molar-refractivity contribution in [2.24, 2.45) is 10.4 Å². The van der Waals surface area contributed by atoms with Crippen LogP contribution in [0.2, 0.25) is 5.02 Å². The van der Waals surface area contributed by atoms with Crippen LogP contribution < -0.4 is 24.3 Å². The van der Waals surface area contributed by atoms with Crippen LogP contribution >= 0.6 is 11.6 Å². The lowest BCUT2D eigenvalue weighted by Crippen LogP contribution is -2.40. The Morgan fingerprint density at radius 1 is 0.902 bits per heavy atom. The van der Waals surface area contributed by atoms with Gasteiger partial charge in [0.2, 0.25) is 0 Å². The van der Waals surface area contributed by atoms with Crippen molar-refractivity contribution in [3.8, 4) is 23.0 Å². The molecule has 2 fully saturated rings. The summed E-state index contributed by atoms with van der Waals surface area (Å²) in [7, 11) is 4.86. The summed E-state index contributed by atoms with van der Waals surface area (Å²) >= 11 is 6.95. The fourth-order valence-corrected chi connectivity index (χ4v) is 5.78. The van der Waals surface area contributed by atoms with Crippen LogP contribution in [0.15, 0.2) is 65.7 Å². The van der Waals surface area contributed by atoms with Gasteiger partial charge < -0.3 is 29.2 Å². The van der Waals surface area contributed by atoms with Crippen molar-refractivity contribution in [3.05, 3.63) is 82.4 Å². The average molecular weight is 578 g/mol. The van der Waals surface area contributed by atoms with Crippen molar-refractivity contribution in [1.29, 1.82) is 0 Å². The number of hydrogen-bond acceptors (Lipinski definition) is 7. The van der Waals surface area contributed by atoms with Crippen LogP contribution in [-0.4, -0.2) is 64.0 Å². The van der Waals surface area contributed by atoms with E-state index in [1.165, 1.54) is 0 Å². The molecule has 0 atom stereocenters. The number of benzene rings is 3. The van der Waals surface area contributed by atoms with Gasteiger partial charge in [-0.25, -0.2) is 0 Å². The Bertz CT molecular complexity index is 1380. The molecule has 3 aromatic carbocycles. The zero-order valence-electron chi connectivity index (χ0n) is 23.7. The zero-order valence-corrected chi connectivity index (χ0v) is 24.5. The van der Waals surface area contributed by atoms with Crippen molar-refractivity contribution in [3.63, 3.8) is 0 Å². The first-order valence-electron chi connectivity index (χ1n) is 13.8. The highest BCUT2D eigenvalue weighted by Crippen LogP contribution is 2.41. The molecule has 0 unspecified atom stereocenters. The number of methoxy groups -OCH3 is 2. The Morgan fingerprint density at radius 2 is 1.49 bits per heavy atom. The van der Waals surface area contributed by atoms with Crippen LogP contribution in [-0.2, 0) is 18.0 Å². The molecule has 0 aromatic heterocycles. The average Bonchev–Trinajstić information content (AvgIpc) is 3.62. The Kier molecular flexibility index (Phi) is 9.00. The minimum absolute atomic E-state index is 0.157. The third-order valence-corrected chi connectivity index (χ3v) is 8.33. The predicted molar refractivity (Wildman–Crippen MR) is 160 cm³/mol. The van der Waals surface area contributed by atoms with Gasteiger partial charge >= 0.3 is 0 Å². The largest absolute Gasteiger partial charge is 0.497 e. The monoisotopic (exact) mass is 577 g/mol. The van der Waals surface area contributed by atoms with Crippen molar-refractivity contribution in [2.75, 3.05) is 47.4 Å². The first kappa shape index (κ1) is 28.8. The highest BCUT2D eigenvalue weighted by molar-refractivity contribution is 6.49. The number of carbonyl (C=O) groups excluding carboxylic acids is 1. The van der Waals surface area contributed by atoms with E-state index in [9.17, 15) is 4.79 Å². The standard InChI is InChI=1S/C32H36ClN3O5/c1-34-29(31(37)35-20-32-14-16-36(21-32)17-15-32)26-12-13-27(40-18-22-4-8-24(38-2)9-5-22)30(28(26)33)41-19-23-6-10-25(39-3)11-7-23/h4-13H,14-21H2,1-3H3,(H,35,37)/b34-29-. The molecule has 2 aliphatic heterocycles. The first-order valence-corrected chi connectivity index (χ1v) is 14.1. The minimum atomic E-state index is -0.248. The lowest BCUT2D eigenvalue weighted by molar-refractivity contribution is -0.115. The van der Waals surface area contributed by atoms with Gasteiger partial charge in [-0.15, -0.1) is 0 Å². The fourth-order valence-electron chi connectivity index (χ4n) is 5.48. The molecule has 2 aliphatic rings. The topological polar surface area (TPSA) is 81.6 Å². The van der Waals surface area contributed by atoms with E-state index in [2.05, 4.69) is 15.2 Å². The number of piperidine rings is 1. The molecule has 1 N–H and O–H groups in total. The molecular weight excluding hydrogens is 542 g/mol. The van der Waals surface area contributed by atoms with Crippen molar-refractivity contribution in [1.82, 2.24) is 10.2 Å². The molecular formula is C32H36ClN3O5. The number of hydrogen-bond donors (Lipinski definition) is 1. The number of ether oxygens (including phenoxy) is 4. The summed E-state index contributed by atoms with van der Waals surface area (Å²) in [6.07, 6.45) is 2.21. The number of nitrogens with one attached hydrogen (secondary N) is 1.